The van der Waals surface area contributed by atoms with Crippen molar-refractivity contribution in [2.24, 2.45) is 4.99 Å². The van der Waals surface area contributed by atoms with Crippen LogP contribution in [0.5, 0.6) is 5.75 Å². The van der Waals surface area contributed by atoms with Gasteiger partial charge in [-0.3, -0.25) is 9.36 Å². The summed E-state index contributed by atoms with van der Waals surface area (Å²) >= 11 is 1.28. The predicted octanol–water partition coefficient (Wildman–Crippen LogP) is 3.95. The average molecular weight is 521 g/mol. The third-order valence-electron chi connectivity index (χ3n) is 5.99. The summed E-state index contributed by atoms with van der Waals surface area (Å²) in [5.41, 5.74) is 2.99. The summed E-state index contributed by atoms with van der Waals surface area (Å²) in [6, 6.07) is 25.6. The molecule has 188 valence electrons. The molecule has 0 bridgehead atoms. The van der Waals surface area contributed by atoms with Crippen LogP contribution in [-0.4, -0.2) is 23.8 Å². The third kappa shape index (κ3) is 4.95. The van der Waals surface area contributed by atoms with Crippen molar-refractivity contribution in [3.05, 3.63) is 127 Å². The monoisotopic (exact) mass is 520 g/mol. The van der Waals surface area contributed by atoms with Crippen LogP contribution in [0.4, 0.5) is 0 Å². The first-order chi connectivity index (χ1) is 18.6. The minimum Gasteiger partial charge on any atom is -0.481 e. The topological polar surface area (TPSA) is 69.9 Å². The number of nitrogens with zero attached hydrogens (tertiary/aromatic N) is 2. The van der Waals surface area contributed by atoms with Crippen LogP contribution < -0.4 is 19.6 Å². The van der Waals surface area contributed by atoms with E-state index in [1.165, 1.54) is 11.3 Å². The standard InChI is InChI=1S/C31H24N2O4S/c1-3-19-37-24-17-15-21(16-18-24)20-25-29(34)33-28(23-13-9-6-10-14-23)26(30(35)36-4-2)27(32-31(33)38-25)22-11-7-5-8-12-22/h1,5-18,20,28H,4,19H2,2H3/b25-20-/t28-/m1/s1. The Balaban J connectivity index is 1.73. The largest absolute Gasteiger partial charge is 0.481 e. The molecule has 0 fully saturated rings. The van der Waals surface area contributed by atoms with E-state index in [4.69, 9.17) is 20.9 Å². The molecule has 0 saturated heterocycles. The molecule has 1 atom stereocenters. The lowest BCUT2D eigenvalue weighted by Crippen LogP contribution is -2.39. The van der Waals surface area contributed by atoms with Gasteiger partial charge in [-0.1, -0.05) is 90.1 Å². The summed E-state index contributed by atoms with van der Waals surface area (Å²) in [7, 11) is 0. The first-order valence-corrected chi connectivity index (χ1v) is 12.9. The van der Waals surface area contributed by atoms with E-state index >= 15 is 0 Å². The zero-order chi connectivity index (χ0) is 26.5. The van der Waals surface area contributed by atoms with Crippen molar-refractivity contribution < 1.29 is 14.3 Å². The van der Waals surface area contributed by atoms with Crippen molar-refractivity contribution in [3.63, 3.8) is 0 Å². The SMILES string of the molecule is C#CCOc1ccc(/C=c2\sc3n(c2=O)[C@H](c2ccccc2)C(C(=O)OCC)=C(c2ccccc2)N=3)cc1. The molecule has 0 saturated carbocycles. The summed E-state index contributed by atoms with van der Waals surface area (Å²) in [6.45, 7) is 2.15. The predicted molar refractivity (Wildman–Crippen MR) is 148 cm³/mol. The molecule has 5 rings (SSSR count). The molecule has 0 unspecified atom stereocenters. The molecular formula is C31H24N2O4S. The van der Waals surface area contributed by atoms with Gasteiger partial charge in [0.15, 0.2) is 4.80 Å². The van der Waals surface area contributed by atoms with Crippen LogP contribution in [0, 0.1) is 12.3 Å². The Morgan fingerprint density at radius 2 is 1.74 bits per heavy atom. The van der Waals surface area contributed by atoms with Crippen LogP contribution in [0.1, 0.15) is 29.7 Å². The maximum atomic E-state index is 13.8. The molecule has 1 aliphatic rings. The fraction of sp³-hybridized carbons (Fsp3) is 0.129. The van der Waals surface area contributed by atoms with Gasteiger partial charge in [0.25, 0.3) is 5.56 Å². The van der Waals surface area contributed by atoms with Gasteiger partial charge in [-0.2, -0.15) is 0 Å². The number of thiazole rings is 1. The number of hydrogen-bond donors (Lipinski definition) is 0. The summed E-state index contributed by atoms with van der Waals surface area (Å²) in [4.78, 5) is 32.6. The van der Waals surface area contributed by atoms with E-state index in [0.717, 1.165) is 16.7 Å². The van der Waals surface area contributed by atoms with E-state index in [1.807, 2.05) is 78.9 Å². The number of rotatable bonds is 7. The quantitative estimate of drug-likeness (QED) is 0.273. The molecule has 4 aromatic rings. The lowest BCUT2D eigenvalue weighted by molar-refractivity contribution is -0.138. The zero-order valence-corrected chi connectivity index (χ0v) is 21.5. The Labute approximate surface area is 223 Å². The highest BCUT2D eigenvalue weighted by Crippen LogP contribution is 2.35. The van der Waals surface area contributed by atoms with Gasteiger partial charge >= 0.3 is 5.97 Å². The molecule has 7 heteroatoms. The van der Waals surface area contributed by atoms with Crippen molar-refractivity contribution in [2.75, 3.05) is 13.2 Å². The first-order valence-electron chi connectivity index (χ1n) is 12.1. The van der Waals surface area contributed by atoms with Crippen molar-refractivity contribution >= 4 is 29.1 Å². The Kier molecular flexibility index (Phi) is 7.34. The normalized spacial score (nSPS) is 14.8. The third-order valence-corrected chi connectivity index (χ3v) is 6.97. The Hall–Kier alpha value is -4.67. The molecule has 1 aliphatic heterocycles. The first kappa shape index (κ1) is 25.0. The maximum Gasteiger partial charge on any atom is 0.338 e. The molecule has 3 aromatic carbocycles. The fourth-order valence-electron chi connectivity index (χ4n) is 4.33. The van der Waals surface area contributed by atoms with Crippen molar-refractivity contribution in [1.29, 1.82) is 0 Å². The van der Waals surface area contributed by atoms with E-state index in [9.17, 15) is 9.59 Å². The number of terminal acetylenes is 1. The van der Waals surface area contributed by atoms with Crippen molar-refractivity contribution in [3.8, 4) is 18.1 Å². The summed E-state index contributed by atoms with van der Waals surface area (Å²) < 4.78 is 13.0. The van der Waals surface area contributed by atoms with E-state index < -0.39 is 12.0 Å². The Morgan fingerprint density at radius 3 is 2.39 bits per heavy atom. The molecule has 6 nitrogen and oxygen atoms in total. The lowest BCUT2D eigenvalue weighted by atomic mass is 9.93. The number of carbonyl (C=O) groups is 1. The van der Waals surface area contributed by atoms with E-state index in [2.05, 4.69) is 5.92 Å². The van der Waals surface area contributed by atoms with E-state index in [1.54, 1.807) is 23.6 Å². The summed E-state index contributed by atoms with van der Waals surface area (Å²) in [5, 5.41) is 0. The minimum absolute atomic E-state index is 0.185. The van der Waals surface area contributed by atoms with Crippen LogP contribution in [0.2, 0.25) is 0 Å². The number of aromatic nitrogens is 1. The zero-order valence-electron chi connectivity index (χ0n) is 20.7. The number of carbonyl (C=O) groups excluding carboxylic acids is 1. The van der Waals surface area contributed by atoms with Crippen LogP contribution in [0.15, 0.2) is 100 Å². The van der Waals surface area contributed by atoms with Gasteiger partial charge in [-0.15, -0.1) is 6.42 Å². The van der Waals surface area contributed by atoms with Crippen LogP contribution >= 0.6 is 11.3 Å². The van der Waals surface area contributed by atoms with Crippen LogP contribution in [0.25, 0.3) is 11.8 Å². The van der Waals surface area contributed by atoms with Gasteiger partial charge in [0.05, 0.1) is 28.5 Å². The van der Waals surface area contributed by atoms with Gasteiger partial charge in [0.1, 0.15) is 12.4 Å². The van der Waals surface area contributed by atoms with Crippen LogP contribution in [-0.2, 0) is 9.53 Å². The molecule has 0 N–H and O–H groups in total. The van der Waals surface area contributed by atoms with Gasteiger partial charge in [0, 0.05) is 5.56 Å². The van der Waals surface area contributed by atoms with E-state index in [-0.39, 0.29) is 18.8 Å². The van der Waals surface area contributed by atoms with Gasteiger partial charge in [-0.05, 0) is 36.3 Å². The highest BCUT2D eigenvalue weighted by Gasteiger charge is 2.35. The molecule has 38 heavy (non-hydrogen) atoms. The number of esters is 1. The second kappa shape index (κ2) is 11.2. The molecule has 1 aromatic heterocycles. The van der Waals surface area contributed by atoms with E-state index in [0.29, 0.717) is 26.4 Å². The number of fused-ring (bicyclic) bond motifs is 1. The highest BCUT2D eigenvalue weighted by atomic mass is 32.1. The second-order valence-corrected chi connectivity index (χ2v) is 9.41. The highest BCUT2D eigenvalue weighted by molar-refractivity contribution is 7.07. The summed E-state index contributed by atoms with van der Waals surface area (Å²) in [6.07, 6.45) is 7.07. The smallest absolute Gasteiger partial charge is 0.338 e. The molecule has 0 amide bonds. The molecule has 0 spiro atoms. The Bertz CT molecular complexity index is 1710. The molecular weight excluding hydrogens is 496 g/mol. The Morgan fingerprint density at radius 1 is 1.05 bits per heavy atom. The van der Waals surface area contributed by atoms with Gasteiger partial charge < -0.3 is 9.47 Å². The fourth-order valence-corrected chi connectivity index (χ4v) is 5.33. The maximum absolute atomic E-state index is 13.8. The lowest BCUT2D eigenvalue weighted by Gasteiger charge is -2.25. The van der Waals surface area contributed by atoms with Gasteiger partial charge in [-0.25, -0.2) is 9.79 Å². The number of benzene rings is 3. The van der Waals surface area contributed by atoms with Crippen molar-refractivity contribution in [1.82, 2.24) is 4.57 Å². The number of hydrogen-bond acceptors (Lipinski definition) is 6. The minimum atomic E-state index is -0.691. The van der Waals surface area contributed by atoms with Crippen molar-refractivity contribution in [2.45, 2.75) is 13.0 Å². The molecule has 0 aliphatic carbocycles. The second-order valence-electron chi connectivity index (χ2n) is 8.40. The van der Waals surface area contributed by atoms with Gasteiger partial charge in [0.2, 0.25) is 0 Å². The molecule has 2 heterocycles. The summed E-state index contributed by atoms with van der Waals surface area (Å²) in [5.74, 6) is 2.59. The number of ether oxygens (including phenoxy) is 2. The molecule has 0 radical (unpaired) electrons. The average Bonchev–Trinajstić information content (AvgIpc) is 3.27. The van der Waals surface area contributed by atoms with Crippen LogP contribution in [0.3, 0.4) is 0 Å².